The molecule has 2 aliphatic carbocycles. The Balaban J connectivity index is 0.857. The fourth-order valence-electron chi connectivity index (χ4n) is 10.6. The van der Waals surface area contributed by atoms with Crippen LogP contribution in [0.1, 0.15) is 41.2 Å². The molecule has 0 fully saturated rings. The molecule has 0 bridgehead atoms. The van der Waals surface area contributed by atoms with Crippen molar-refractivity contribution in [3.8, 4) is 28.0 Å². The quantitative estimate of drug-likeness (QED) is 0.168. The summed E-state index contributed by atoms with van der Waals surface area (Å²) in [7, 11) is 0. The smallest absolute Gasteiger partial charge is 0.134 e. The van der Waals surface area contributed by atoms with Crippen LogP contribution in [0.15, 0.2) is 174 Å². The molecule has 0 saturated heterocycles. The Morgan fingerprint density at radius 2 is 1.17 bits per heavy atom. The molecule has 0 amide bonds. The zero-order chi connectivity index (χ0) is 38.8. The molecule has 0 saturated carbocycles. The Morgan fingerprint density at radius 3 is 1.97 bits per heavy atom. The van der Waals surface area contributed by atoms with Gasteiger partial charge in [-0.3, -0.25) is 0 Å². The van der Waals surface area contributed by atoms with Gasteiger partial charge in [0.15, 0.2) is 0 Å². The summed E-state index contributed by atoms with van der Waals surface area (Å²) in [6.07, 6.45) is 8.04. The lowest BCUT2D eigenvalue weighted by Gasteiger charge is -2.24. The molecule has 59 heavy (non-hydrogen) atoms. The van der Waals surface area contributed by atoms with Crippen molar-refractivity contribution in [2.75, 3.05) is 0 Å². The first kappa shape index (κ1) is 32.9. The molecular formula is C57H38O2. The van der Waals surface area contributed by atoms with Crippen LogP contribution in [0.3, 0.4) is 0 Å². The lowest BCUT2D eigenvalue weighted by molar-refractivity contribution is 0.418. The van der Waals surface area contributed by atoms with Crippen LogP contribution in [0.5, 0.6) is 5.75 Å². The molecule has 2 nitrogen and oxygen atoms in total. The lowest BCUT2D eigenvalue weighted by Crippen LogP contribution is -2.33. The number of allylic oxidation sites excluding steroid dienone is 1. The minimum absolute atomic E-state index is 0.117. The van der Waals surface area contributed by atoms with E-state index >= 15 is 0 Å². The number of rotatable bonds is 3. The van der Waals surface area contributed by atoms with Gasteiger partial charge in [-0.2, -0.15) is 0 Å². The van der Waals surface area contributed by atoms with Gasteiger partial charge < -0.3 is 9.15 Å². The van der Waals surface area contributed by atoms with E-state index in [1.807, 2.05) is 0 Å². The van der Waals surface area contributed by atoms with Crippen molar-refractivity contribution in [2.24, 2.45) is 5.92 Å². The van der Waals surface area contributed by atoms with Gasteiger partial charge in [-0.05, 0) is 124 Å². The highest BCUT2D eigenvalue weighted by Crippen LogP contribution is 2.50. The van der Waals surface area contributed by atoms with Gasteiger partial charge >= 0.3 is 0 Å². The summed E-state index contributed by atoms with van der Waals surface area (Å²) in [4.78, 5) is 0. The van der Waals surface area contributed by atoms with E-state index in [9.17, 15) is 0 Å². The van der Waals surface area contributed by atoms with E-state index in [2.05, 4.69) is 189 Å². The number of hydrogen-bond donors (Lipinski definition) is 0. The molecule has 2 unspecified atom stereocenters. The monoisotopic (exact) mass is 754 g/mol. The largest absolute Gasteiger partial charge is 0.461 e. The van der Waals surface area contributed by atoms with Gasteiger partial charge in [0.2, 0.25) is 0 Å². The van der Waals surface area contributed by atoms with Gasteiger partial charge in [0.25, 0.3) is 0 Å². The number of hydrogen-bond acceptors (Lipinski definition) is 2. The van der Waals surface area contributed by atoms with Crippen molar-refractivity contribution in [3.05, 3.63) is 202 Å². The molecule has 2 heteroatoms. The Morgan fingerprint density at radius 1 is 0.508 bits per heavy atom. The van der Waals surface area contributed by atoms with E-state index in [1.165, 1.54) is 86.9 Å². The molecule has 1 aromatic heterocycles. The van der Waals surface area contributed by atoms with Gasteiger partial charge in [-0.1, -0.05) is 153 Å². The molecule has 3 aliphatic rings. The molecule has 3 atom stereocenters. The summed E-state index contributed by atoms with van der Waals surface area (Å²) < 4.78 is 13.3. The number of benzene rings is 9. The number of ether oxygens (including phenoxy) is 1. The highest BCUT2D eigenvalue weighted by Gasteiger charge is 2.36. The molecule has 2 heterocycles. The van der Waals surface area contributed by atoms with Crippen molar-refractivity contribution < 1.29 is 9.15 Å². The van der Waals surface area contributed by atoms with Gasteiger partial charge in [0.05, 0.1) is 5.92 Å². The van der Waals surface area contributed by atoms with E-state index in [-0.39, 0.29) is 11.8 Å². The van der Waals surface area contributed by atoms with Gasteiger partial charge in [0, 0.05) is 28.9 Å². The summed E-state index contributed by atoms with van der Waals surface area (Å²) in [6, 6.07) is 60.1. The average molecular weight is 755 g/mol. The highest BCUT2D eigenvalue weighted by atomic mass is 16.5. The Labute approximate surface area is 341 Å². The van der Waals surface area contributed by atoms with Crippen molar-refractivity contribution >= 4 is 72.3 Å². The van der Waals surface area contributed by atoms with Crippen LogP contribution in [0.25, 0.3) is 94.5 Å². The van der Waals surface area contributed by atoms with Crippen LogP contribution in [-0.2, 0) is 6.42 Å². The standard InChI is InChI=1S/C57H38O2/c1-33-25-48-44-19-8-5-16-41(44)42-17-6-9-20-45(42)49(48)30-46(33)36-13-10-12-34(26-36)35-21-23-54-50(27-35)52-31-57-53(32-56(52)58-54)51-29-38(22-24-55(51)59-57)47-28-37-11-2-3-14-39(37)40-15-4-7-18-43(40)47/h2-31,33,46,53H,32H2,1H3/t33?,46?,53-/m1/s1. The minimum Gasteiger partial charge on any atom is -0.461 e. The molecule has 13 rings (SSSR count). The third-order valence-electron chi connectivity index (χ3n) is 13.5. The maximum Gasteiger partial charge on any atom is 0.134 e. The van der Waals surface area contributed by atoms with Crippen molar-refractivity contribution in [3.63, 3.8) is 0 Å². The fourth-order valence-corrected chi connectivity index (χ4v) is 10.6. The molecular weight excluding hydrogens is 717 g/mol. The van der Waals surface area contributed by atoms with E-state index < -0.39 is 0 Å². The predicted octanol–water partition coefficient (Wildman–Crippen LogP) is 13.4. The van der Waals surface area contributed by atoms with Gasteiger partial charge in [-0.25, -0.2) is 0 Å². The minimum atomic E-state index is 0.117. The van der Waals surface area contributed by atoms with Crippen LogP contribution >= 0.6 is 0 Å². The summed E-state index contributed by atoms with van der Waals surface area (Å²) in [5, 5.41) is 14.2. The third-order valence-corrected chi connectivity index (χ3v) is 13.5. The molecule has 9 aromatic carbocycles. The number of furan rings is 1. The van der Waals surface area contributed by atoms with E-state index in [4.69, 9.17) is 9.15 Å². The first-order chi connectivity index (χ1) is 29.1. The lowest BCUT2D eigenvalue weighted by atomic mass is 9.80. The molecule has 0 spiro atoms. The Hall–Kier alpha value is -7.16. The summed E-state index contributed by atoms with van der Waals surface area (Å²) in [5.41, 5.74) is 9.48. The second-order valence-electron chi connectivity index (χ2n) is 16.8. The maximum atomic E-state index is 6.65. The van der Waals surface area contributed by atoms with Crippen LogP contribution < -0.4 is 15.2 Å². The van der Waals surface area contributed by atoms with E-state index in [0.29, 0.717) is 5.92 Å². The average Bonchev–Trinajstić information content (AvgIpc) is 3.84. The fraction of sp³-hybridized carbons (Fsp3) is 0.0877. The summed E-state index contributed by atoms with van der Waals surface area (Å²) in [6.45, 7) is 2.36. The third kappa shape index (κ3) is 4.93. The van der Waals surface area contributed by atoms with Gasteiger partial charge in [-0.15, -0.1) is 0 Å². The van der Waals surface area contributed by atoms with Crippen LogP contribution in [-0.4, -0.2) is 0 Å². The molecule has 0 N–H and O–H groups in total. The van der Waals surface area contributed by atoms with E-state index in [1.54, 1.807) is 0 Å². The highest BCUT2D eigenvalue weighted by molar-refractivity contribution is 6.14. The maximum absolute atomic E-state index is 6.65. The second kappa shape index (κ2) is 12.4. The van der Waals surface area contributed by atoms with Crippen LogP contribution in [0.2, 0.25) is 0 Å². The topological polar surface area (TPSA) is 22.4 Å². The molecule has 10 aromatic rings. The van der Waals surface area contributed by atoms with Crippen LogP contribution in [0.4, 0.5) is 0 Å². The first-order valence-electron chi connectivity index (χ1n) is 20.9. The predicted molar refractivity (Wildman–Crippen MR) is 245 cm³/mol. The second-order valence-corrected chi connectivity index (χ2v) is 16.8. The normalized spacial score (nSPS) is 17.8. The summed E-state index contributed by atoms with van der Waals surface area (Å²) >= 11 is 0. The van der Waals surface area contributed by atoms with Crippen molar-refractivity contribution in [1.29, 1.82) is 0 Å². The Kier molecular flexibility index (Phi) is 6.92. The van der Waals surface area contributed by atoms with Crippen molar-refractivity contribution in [1.82, 2.24) is 0 Å². The van der Waals surface area contributed by atoms with Gasteiger partial charge in [0.1, 0.15) is 22.9 Å². The zero-order valence-corrected chi connectivity index (χ0v) is 32.6. The first-order valence-corrected chi connectivity index (χ1v) is 20.9. The van der Waals surface area contributed by atoms with Crippen molar-refractivity contribution in [2.45, 2.75) is 25.2 Å². The molecule has 278 valence electrons. The zero-order valence-electron chi connectivity index (χ0n) is 32.6. The van der Waals surface area contributed by atoms with E-state index in [0.717, 1.165) is 40.2 Å². The SMILES string of the molecule is CC1C=c2c(c3ccccc3c3ccccc23)=CC1c1cccc(-c2ccc3oc4c(c3c2)C=C2Oc3ccc(-c5cc6ccccc6c6ccccc56)cc3[C@H]2C4)c1. The summed E-state index contributed by atoms with van der Waals surface area (Å²) in [5.74, 6) is 3.70. The van der Waals surface area contributed by atoms with Crippen LogP contribution in [0, 0.1) is 5.92 Å². The number of fused-ring (bicyclic) bond motifs is 15. The molecule has 0 radical (unpaired) electrons. The Bertz CT molecular complexity index is 3600. The molecule has 1 aliphatic heterocycles.